The van der Waals surface area contributed by atoms with Gasteiger partial charge in [-0.25, -0.2) is 0 Å². The number of ether oxygens (including phenoxy) is 2. The van der Waals surface area contributed by atoms with Gasteiger partial charge in [-0.05, 0) is 36.4 Å². The maximum absolute atomic E-state index is 12.5. The largest absolute Gasteiger partial charge is 0.496 e. The summed E-state index contributed by atoms with van der Waals surface area (Å²) >= 11 is 9.31. The van der Waals surface area contributed by atoms with Gasteiger partial charge >= 0.3 is 0 Å². The number of carbonyl (C=O) groups excluding carboxylic acids is 1. The molecule has 0 saturated carbocycles. The van der Waals surface area contributed by atoms with Crippen LogP contribution in [0.25, 0.3) is 0 Å². The van der Waals surface area contributed by atoms with Crippen LogP contribution < -0.4 is 9.47 Å². The zero-order valence-corrected chi connectivity index (χ0v) is 13.3. The van der Waals surface area contributed by atoms with Crippen LogP contribution in [0.3, 0.4) is 0 Å². The molecule has 0 amide bonds. The molecule has 5 heteroatoms. The number of hydrogen-bond donors (Lipinski definition) is 0. The van der Waals surface area contributed by atoms with Crippen molar-refractivity contribution < 1.29 is 14.3 Å². The highest BCUT2D eigenvalue weighted by atomic mass is 79.9. The Balaban J connectivity index is 2.46. The summed E-state index contributed by atoms with van der Waals surface area (Å²) in [4.78, 5) is 12.5. The molecule has 0 atom stereocenters. The molecule has 0 fully saturated rings. The van der Waals surface area contributed by atoms with Gasteiger partial charge < -0.3 is 9.47 Å². The Kier molecular flexibility index (Phi) is 4.68. The molecule has 0 spiro atoms. The molecule has 0 aliphatic carbocycles. The van der Waals surface area contributed by atoms with Gasteiger partial charge in [0.1, 0.15) is 11.5 Å². The van der Waals surface area contributed by atoms with E-state index >= 15 is 0 Å². The van der Waals surface area contributed by atoms with E-state index in [0.29, 0.717) is 27.6 Å². The van der Waals surface area contributed by atoms with Crippen LogP contribution in [0.15, 0.2) is 40.9 Å². The summed E-state index contributed by atoms with van der Waals surface area (Å²) in [6.07, 6.45) is 0. The minimum atomic E-state index is -0.149. The Bertz CT molecular complexity index is 656. The van der Waals surface area contributed by atoms with Gasteiger partial charge in [0, 0.05) is 10.0 Å². The molecule has 0 aliphatic heterocycles. The van der Waals surface area contributed by atoms with Crippen molar-refractivity contribution in [2.45, 2.75) is 0 Å². The highest BCUT2D eigenvalue weighted by molar-refractivity contribution is 9.10. The summed E-state index contributed by atoms with van der Waals surface area (Å²) in [7, 11) is 3.04. The van der Waals surface area contributed by atoms with Crippen LogP contribution in [-0.2, 0) is 0 Å². The second kappa shape index (κ2) is 6.29. The van der Waals surface area contributed by atoms with Gasteiger partial charge in [-0.1, -0.05) is 27.5 Å². The number of ketones is 1. The fourth-order valence-corrected chi connectivity index (χ4v) is 2.34. The van der Waals surface area contributed by atoms with Crippen LogP contribution in [0.1, 0.15) is 15.9 Å². The van der Waals surface area contributed by atoms with E-state index in [1.807, 2.05) is 0 Å². The third-order valence-electron chi connectivity index (χ3n) is 2.82. The molecule has 0 bridgehead atoms. The molecular formula is C15H12BrClO3. The van der Waals surface area contributed by atoms with Crippen molar-refractivity contribution >= 4 is 33.3 Å². The lowest BCUT2D eigenvalue weighted by atomic mass is 10.0. The fraction of sp³-hybridized carbons (Fsp3) is 0.133. The SMILES string of the molecule is COc1cc(C(=O)c2ccc(Br)cc2OC)ccc1Cl. The quantitative estimate of drug-likeness (QED) is 0.765. The molecule has 0 saturated heterocycles. The molecule has 0 heterocycles. The van der Waals surface area contributed by atoms with Crippen molar-refractivity contribution in [1.82, 2.24) is 0 Å². The highest BCUT2D eigenvalue weighted by Crippen LogP contribution is 2.29. The molecule has 0 aromatic heterocycles. The predicted molar refractivity (Wildman–Crippen MR) is 82.1 cm³/mol. The Hall–Kier alpha value is -1.52. The van der Waals surface area contributed by atoms with E-state index in [1.54, 1.807) is 36.4 Å². The van der Waals surface area contributed by atoms with Crippen molar-refractivity contribution in [1.29, 1.82) is 0 Å². The van der Waals surface area contributed by atoms with Crippen molar-refractivity contribution in [3.05, 3.63) is 57.0 Å². The molecule has 2 rings (SSSR count). The second-order valence-corrected chi connectivity index (χ2v) is 5.35. The van der Waals surface area contributed by atoms with Gasteiger partial charge in [0.05, 0.1) is 24.8 Å². The average Bonchev–Trinajstić information content (AvgIpc) is 2.46. The number of methoxy groups -OCH3 is 2. The maximum atomic E-state index is 12.5. The summed E-state index contributed by atoms with van der Waals surface area (Å²) in [6, 6.07) is 10.2. The molecule has 2 aromatic carbocycles. The Morgan fingerprint density at radius 2 is 1.75 bits per heavy atom. The van der Waals surface area contributed by atoms with E-state index in [-0.39, 0.29) is 5.78 Å². The highest BCUT2D eigenvalue weighted by Gasteiger charge is 2.16. The molecule has 104 valence electrons. The number of hydrogen-bond acceptors (Lipinski definition) is 3. The van der Waals surface area contributed by atoms with E-state index in [1.165, 1.54) is 14.2 Å². The van der Waals surface area contributed by atoms with Gasteiger partial charge in [0.2, 0.25) is 0 Å². The van der Waals surface area contributed by atoms with E-state index < -0.39 is 0 Å². The van der Waals surface area contributed by atoms with Crippen molar-refractivity contribution in [3.63, 3.8) is 0 Å². The molecule has 3 nitrogen and oxygen atoms in total. The van der Waals surface area contributed by atoms with Crippen LogP contribution in [0.4, 0.5) is 0 Å². The number of carbonyl (C=O) groups is 1. The first-order chi connectivity index (χ1) is 9.56. The summed E-state index contributed by atoms with van der Waals surface area (Å²) < 4.78 is 11.2. The van der Waals surface area contributed by atoms with Crippen LogP contribution in [0.2, 0.25) is 5.02 Å². The average molecular weight is 356 g/mol. The van der Waals surface area contributed by atoms with Crippen LogP contribution in [0.5, 0.6) is 11.5 Å². The first-order valence-electron chi connectivity index (χ1n) is 5.78. The second-order valence-electron chi connectivity index (χ2n) is 4.02. The van der Waals surface area contributed by atoms with Crippen LogP contribution in [0, 0.1) is 0 Å². The Labute approximate surface area is 130 Å². The number of halogens is 2. The van der Waals surface area contributed by atoms with E-state index in [9.17, 15) is 4.79 Å². The Morgan fingerprint density at radius 1 is 1.05 bits per heavy atom. The third-order valence-corrected chi connectivity index (χ3v) is 3.63. The predicted octanol–water partition coefficient (Wildman–Crippen LogP) is 4.35. The fourth-order valence-electron chi connectivity index (χ4n) is 1.81. The van der Waals surface area contributed by atoms with Gasteiger partial charge in [-0.2, -0.15) is 0 Å². The van der Waals surface area contributed by atoms with Crippen molar-refractivity contribution in [3.8, 4) is 11.5 Å². The molecule has 2 aromatic rings. The van der Waals surface area contributed by atoms with E-state index in [2.05, 4.69) is 15.9 Å². The monoisotopic (exact) mass is 354 g/mol. The van der Waals surface area contributed by atoms with Crippen molar-refractivity contribution in [2.75, 3.05) is 14.2 Å². The Morgan fingerprint density at radius 3 is 2.40 bits per heavy atom. The lowest BCUT2D eigenvalue weighted by Crippen LogP contribution is -2.04. The minimum absolute atomic E-state index is 0.149. The smallest absolute Gasteiger partial charge is 0.196 e. The molecule has 0 N–H and O–H groups in total. The standard InChI is InChI=1S/C15H12BrClO3/c1-19-13-8-10(16)4-5-11(13)15(18)9-3-6-12(17)14(7-9)20-2/h3-8H,1-2H3. The lowest BCUT2D eigenvalue weighted by molar-refractivity contribution is 0.103. The zero-order chi connectivity index (χ0) is 14.7. The number of rotatable bonds is 4. The van der Waals surface area contributed by atoms with Gasteiger partial charge in [0.25, 0.3) is 0 Å². The topological polar surface area (TPSA) is 35.5 Å². The van der Waals surface area contributed by atoms with Crippen LogP contribution >= 0.6 is 27.5 Å². The molecule has 0 aliphatic rings. The molecule has 20 heavy (non-hydrogen) atoms. The number of benzene rings is 2. The first-order valence-corrected chi connectivity index (χ1v) is 6.95. The molecular weight excluding hydrogens is 344 g/mol. The van der Waals surface area contributed by atoms with Crippen molar-refractivity contribution in [2.24, 2.45) is 0 Å². The summed E-state index contributed by atoms with van der Waals surface area (Å²) in [5, 5.41) is 0.465. The zero-order valence-electron chi connectivity index (χ0n) is 10.9. The lowest BCUT2D eigenvalue weighted by Gasteiger charge is -2.09. The summed E-state index contributed by atoms with van der Waals surface area (Å²) in [6.45, 7) is 0. The molecule has 0 radical (unpaired) electrons. The third kappa shape index (κ3) is 2.97. The normalized spacial score (nSPS) is 10.2. The first kappa shape index (κ1) is 14.9. The van der Waals surface area contributed by atoms with Gasteiger partial charge in [-0.3, -0.25) is 4.79 Å². The maximum Gasteiger partial charge on any atom is 0.196 e. The summed E-state index contributed by atoms with van der Waals surface area (Å²) in [5.41, 5.74) is 0.979. The molecule has 0 unspecified atom stereocenters. The van der Waals surface area contributed by atoms with Gasteiger partial charge in [0.15, 0.2) is 5.78 Å². The van der Waals surface area contributed by atoms with E-state index in [4.69, 9.17) is 21.1 Å². The van der Waals surface area contributed by atoms with Gasteiger partial charge in [-0.15, -0.1) is 0 Å². The van der Waals surface area contributed by atoms with E-state index in [0.717, 1.165) is 4.47 Å². The summed E-state index contributed by atoms with van der Waals surface area (Å²) in [5.74, 6) is 0.830. The van der Waals surface area contributed by atoms with Crippen LogP contribution in [-0.4, -0.2) is 20.0 Å². The minimum Gasteiger partial charge on any atom is -0.496 e.